The lowest BCUT2D eigenvalue weighted by Crippen LogP contribution is -2.26. The zero-order valence-electron chi connectivity index (χ0n) is 17.6. The van der Waals surface area contributed by atoms with Crippen molar-refractivity contribution in [1.29, 1.82) is 0 Å². The number of para-hydroxylation sites is 1. The van der Waals surface area contributed by atoms with Crippen molar-refractivity contribution < 1.29 is 23.8 Å². The Bertz CT molecular complexity index is 1020. The quantitative estimate of drug-likeness (QED) is 0.520. The normalized spacial score (nSPS) is 16.2. The van der Waals surface area contributed by atoms with E-state index >= 15 is 0 Å². The van der Waals surface area contributed by atoms with Gasteiger partial charge in [-0.1, -0.05) is 48.5 Å². The summed E-state index contributed by atoms with van der Waals surface area (Å²) >= 11 is 0. The summed E-state index contributed by atoms with van der Waals surface area (Å²) in [6, 6.07) is 24.7. The number of nitrogens with one attached hydrogen (secondary N) is 1. The molecular weight excluding hydrogens is 406 g/mol. The van der Waals surface area contributed by atoms with Crippen LogP contribution in [0.3, 0.4) is 0 Å². The Hall–Kier alpha value is -3.64. The monoisotopic (exact) mass is 431 g/mol. The number of esters is 1. The van der Waals surface area contributed by atoms with Crippen LogP contribution in [0.1, 0.15) is 34.9 Å². The number of rotatable bonds is 8. The molecule has 0 aromatic heterocycles. The third kappa shape index (κ3) is 5.74. The molecule has 0 radical (unpaired) electrons. The van der Waals surface area contributed by atoms with Crippen molar-refractivity contribution in [2.75, 3.05) is 18.5 Å². The Morgan fingerprint density at radius 2 is 1.62 bits per heavy atom. The summed E-state index contributed by atoms with van der Waals surface area (Å²) in [7, 11) is 0. The molecule has 32 heavy (non-hydrogen) atoms. The van der Waals surface area contributed by atoms with Crippen molar-refractivity contribution >= 4 is 17.6 Å². The van der Waals surface area contributed by atoms with Crippen molar-refractivity contribution in [2.45, 2.75) is 25.0 Å². The lowest BCUT2D eigenvalue weighted by molar-refractivity contribution is -0.125. The number of ether oxygens (including phenoxy) is 3. The molecule has 3 aromatic carbocycles. The van der Waals surface area contributed by atoms with E-state index in [4.69, 9.17) is 14.2 Å². The maximum atomic E-state index is 12.9. The van der Waals surface area contributed by atoms with Gasteiger partial charge in [0.2, 0.25) is 6.10 Å². The molecule has 6 nitrogen and oxygen atoms in total. The van der Waals surface area contributed by atoms with Crippen molar-refractivity contribution in [3.05, 3.63) is 96.1 Å². The fourth-order valence-electron chi connectivity index (χ4n) is 3.46. The largest absolute Gasteiger partial charge is 0.491 e. The van der Waals surface area contributed by atoms with Crippen LogP contribution < -0.4 is 10.1 Å². The molecule has 3 aromatic rings. The molecule has 1 aliphatic heterocycles. The van der Waals surface area contributed by atoms with E-state index in [0.29, 0.717) is 29.2 Å². The van der Waals surface area contributed by atoms with Crippen LogP contribution in [-0.2, 0) is 14.3 Å². The molecule has 0 saturated carbocycles. The highest BCUT2D eigenvalue weighted by Crippen LogP contribution is 2.23. The highest BCUT2D eigenvalue weighted by molar-refractivity contribution is 5.98. The molecule has 0 spiro atoms. The second kappa shape index (κ2) is 10.6. The van der Waals surface area contributed by atoms with Gasteiger partial charge in [0.05, 0.1) is 11.7 Å². The summed E-state index contributed by atoms with van der Waals surface area (Å²) in [5.74, 6) is -0.363. The molecule has 0 bridgehead atoms. The summed E-state index contributed by atoms with van der Waals surface area (Å²) in [6.07, 6.45) is 1.09. The molecule has 2 unspecified atom stereocenters. The Labute approximate surface area is 187 Å². The van der Waals surface area contributed by atoms with Crippen molar-refractivity contribution in [3.8, 4) is 5.75 Å². The number of carbonyl (C=O) groups excluding carboxylic acids is 2. The molecule has 2 atom stereocenters. The van der Waals surface area contributed by atoms with Gasteiger partial charge >= 0.3 is 5.97 Å². The van der Waals surface area contributed by atoms with Crippen LogP contribution in [0.2, 0.25) is 0 Å². The van der Waals surface area contributed by atoms with E-state index in [0.717, 1.165) is 19.4 Å². The molecule has 164 valence electrons. The molecule has 1 fully saturated rings. The average molecular weight is 431 g/mol. The molecule has 1 aliphatic rings. The van der Waals surface area contributed by atoms with Crippen molar-refractivity contribution in [2.24, 2.45) is 0 Å². The van der Waals surface area contributed by atoms with Gasteiger partial charge in [-0.3, -0.25) is 4.79 Å². The van der Waals surface area contributed by atoms with Gasteiger partial charge in [-0.25, -0.2) is 4.79 Å². The Morgan fingerprint density at radius 1 is 0.938 bits per heavy atom. The van der Waals surface area contributed by atoms with Crippen molar-refractivity contribution in [3.63, 3.8) is 0 Å². The fraction of sp³-hybridized carbons (Fsp3) is 0.231. The van der Waals surface area contributed by atoms with E-state index in [1.165, 1.54) is 0 Å². The van der Waals surface area contributed by atoms with Crippen LogP contribution >= 0.6 is 0 Å². The molecule has 1 heterocycles. The van der Waals surface area contributed by atoms with Gasteiger partial charge in [-0.2, -0.15) is 0 Å². The van der Waals surface area contributed by atoms with E-state index in [1.807, 2.05) is 24.3 Å². The molecular formula is C26H25NO5. The van der Waals surface area contributed by atoms with E-state index in [9.17, 15) is 9.59 Å². The highest BCUT2D eigenvalue weighted by atomic mass is 16.5. The number of amides is 1. The van der Waals surface area contributed by atoms with Crippen LogP contribution in [-0.4, -0.2) is 31.2 Å². The smallest absolute Gasteiger partial charge is 0.339 e. The van der Waals surface area contributed by atoms with E-state index in [-0.39, 0.29) is 6.10 Å². The number of anilines is 1. The topological polar surface area (TPSA) is 73.9 Å². The molecule has 0 aliphatic carbocycles. The first-order valence-electron chi connectivity index (χ1n) is 10.7. The Morgan fingerprint density at radius 3 is 2.28 bits per heavy atom. The average Bonchev–Trinajstić information content (AvgIpc) is 3.36. The van der Waals surface area contributed by atoms with Gasteiger partial charge in [-0.15, -0.1) is 0 Å². The SMILES string of the molecule is O=C(OC(C(=O)Nc1ccccc1)c1ccccc1)c1ccc(OCC2CCCO2)cc1. The van der Waals surface area contributed by atoms with Gasteiger partial charge in [0.15, 0.2) is 0 Å². The standard InChI is InChI=1S/C26H25NO5/c28-25(27-21-10-5-2-6-11-21)24(19-8-3-1-4-9-19)32-26(29)20-13-15-22(16-14-20)31-18-23-12-7-17-30-23/h1-6,8-11,13-16,23-24H,7,12,17-18H2,(H,27,28). The van der Waals surface area contributed by atoms with Crippen LogP contribution in [0.15, 0.2) is 84.9 Å². The molecule has 1 amide bonds. The summed E-state index contributed by atoms with van der Waals surface area (Å²) < 4.78 is 16.9. The summed E-state index contributed by atoms with van der Waals surface area (Å²) in [4.78, 5) is 25.7. The Kier molecular flexibility index (Phi) is 7.15. The summed E-state index contributed by atoms with van der Waals surface area (Å²) in [6.45, 7) is 1.26. The Balaban J connectivity index is 1.43. The molecule has 6 heteroatoms. The van der Waals surface area contributed by atoms with E-state index in [2.05, 4.69) is 5.32 Å². The van der Waals surface area contributed by atoms with E-state index < -0.39 is 18.0 Å². The first-order valence-corrected chi connectivity index (χ1v) is 10.7. The van der Waals surface area contributed by atoms with Crippen LogP contribution in [0, 0.1) is 0 Å². The predicted octanol–water partition coefficient (Wildman–Crippen LogP) is 4.78. The number of carbonyl (C=O) groups is 2. The van der Waals surface area contributed by atoms with Gasteiger partial charge in [0.25, 0.3) is 5.91 Å². The minimum absolute atomic E-state index is 0.120. The zero-order chi connectivity index (χ0) is 22.2. The zero-order valence-corrected chi connectivity index (χ0v) is 17.6. The van der Waals surface area contributed by atoms with Crippen molar-refractivity contribution in [1.82, 2.24) is 0 Å². The first kappa shape index (κ1) is 21.6. The van der Waals surface area contributed by atoms with Gasteiger partial charge in [0.1, 0.15) is 12.4 Å². The summed E-state index contributed by atoms with van der Waals surface area (Å²) in [5.41, 5.74) is 1.55. The number of hydrogen-bond donors (Lipinski definition) is 1. The molecule has 1 N–H and O–H groups in total. The van der Waals surface area contributed by atoms with Crippen LogP contribution in [0.4, 0.5) is 5.69 Å². The maximum absolute atomic E-state index is 12.9. The van der Waals surface area contributed by atoms with Gasteiger partial charge < -0.3 is 19.5 Å². The predicted molar refractivity (Wildman–Crippen MR) is 121 cm³/mol. The number of benzene rings is 3. The second-order valence-corrected chi connectivity index (χ2v) is 7.52. The summed E-state index contributed by atoms with van der Waals surface area (Å²) in [5, 5.41) is 2.80. The lowest BCUT2D eigenvalue weighted by Gasteiger charge is -2.18. The molecule has 1 saturated heterocycles. The van der Waals surface area contributed by atoms with Crippen LogP contribution in [0.25, 0.3) is 0 Å². The first-order chi connectivity index (χ1) is 15.7. The fourth-order valence-corrected chi connectivity index (χ4v) is 3.46. The number of hydrogen-bond acceptors (Lipinski definition) is 5. The minimum Gasteiger partial charge on any atom is -0.491 e. The highest BCUT2D eigenvalue weighted by Gasteiger charge is 2.26. The van der Waals surface area contributed by atoms with Gasteiger partial charge in [0, 0.05) is 17.9 Å². The molecule has 4 rings (SSSR count). The second-order valence-electron chi connectivity index (χ2n) is 7.52. The van der Waals surface area contributed by atoms with E-state index in [1.54, 1.807) is 60.7 Å². The third-order valence-electron chi connectivity index (χ3n) is 5.16. The lowest BCUT2D eigenvalue weighted by atomic mass is 10.1. The minimum atomic E-state index is -1.08. The van der Waals surface area contributed by atoms with Gasteiger partial charge in [-0.05, 0) is 49.2 Å². The maximum Gasteiger partial charge on any atom is 0.339 e. The third-order valence-corrected chi connectivity index (χ3v) is 5.16. The van der Waals surface area contributed by atoms with Crippen LogP contribution in [0.5, 0.6) is 5.75 Å².